The van der Waals surface area contributed by atoms with Crippen LogP contribution >= 0.6 is 0 Å². The number of methoxy groups -OCH3 is 1. The molecule has 0 aliphatic rings. The quantitative estimate of drug-likeness (QED) is 0.762. The minimum Gasteiger partial charge on any atom is -0.479 e. The van der Waals surface area contributed by atoms with Gasteiger partial charge in [-0.1, -0.05) is 0 Å². The number of carbonyl (C=O) groups excluding carboxylic acids is 1. The highest BCUT2D eigenvalue weighted by molar-refractivity contribution is 5.92. The van der Waals surface area contributed by atoms with Gasteiger partial charge in [0.05, 0.1) is 6.54 Å². The van der Waals surface area contributed by atoms with Gasteiger partial charge in [-0.15, -0.1) is 0 Å². The van der Waals surface area contributed by atoms with Gasteiger partial charge in [0.25, 0.3) is 5.91 Å². The molecule has 0 bridgehead atoms. The van der Waals surface area contributed by atoms with Crippen LogP contribution in [0.15, 0.2) is 12.3 Å². The zero-order valence-electron chi connectivity index (χ0n) is 10.6. The van der Waals surface area contributed by atoms with Gasteiger partial charge >= 0.3 is 5.97 Å². The number of rotatable bonds is 6. The number of carboxylic acid groups (broad SMARTS) is 1. The SMILES string of the molecule is COC(CNC(=O)c1ccn(C(C)C)n1)C(=O)O. The molecule has 0 aromatic carbocycles. The van der Waals surface area contributed by atoms with Crippen LogP contribution in [0.4, 0.5) is 0 Å². The van der Waals surface area contributed by atoms with Gasteiger partial charge in [-0.25, -0.2) is 4.79 Å². The smallest absolute Gasteiger partial charge is 0.334 e. The minimum atomic E-state index is -1.12. The number of hydrogen-bond donors (Lipinski definition) is 2. The van der Waals surface area contributed by atoms with Crippen LogP contribution in [0.2, 0.25) is 0 Å². The number of nitrogens with one attached hydrogen (secondary N) is 1. The van der Waals surface area contributed by atoms with Gasteiger partial charge in [0, 0.05) is 19.3 Å². The zero-order chi connectivity index (χ0) is 13.7. The fourth-order valence-corrected chi connectivity index (χ4v) is 1.29. The summed E-state index contributed by atoms with van der Waals surface area (Å²) < 4.78 is 6.35. The first-order chi connectivity index (χ1) is 8.45. The Kier molecular flexibility index (Phi) is 4.85. The highest BCUT2D eigenvalue weighted by Crippen LogP contribution is 2.04. The fraction of sp³-hybridized carbons (Fsp3) is 0.545. The van der Waals surface area contributed by atoms with E-state index in [1.807, 2.05) is 13.8 Å². The van der Waals surface area contributed by atoms with Gasteiger partial charge in [-0.2, -0.15) is 5.10 Å². The Morgan fingerprint density at radius 2 is 2.22 bits per heavy atom. The molecule has 0 aliphatic heterocycles. The van der Waals surface area contributed by atoms with Crippen LogP contribution in [0, 0.1) is 0 Å². The van der Waals surface area contributed by atoms with E-state index in [0.29, 0.717) is 0 Å². The lowest BCUT2D eigenvalue weighted by molar-refractivity contribution is -0.148. The lowest BCUT2D eigenvalue weighted by Crippen LogP contribution is -2.38. The Hall–Kier alpha value is -1.89. The molecule has 0 spiro atoms. The second-order valence-corrected chi connectivity index (χ2v) is 4.05. The second kappa shape index (κ2) is 6.15. The summed E-state index contributed by atoms with van der Waals surface area (Å²) in [4.78, 5) is 22.4. The molecular weight excluding hydrogens is 238 g/mol. The largest absolute Gasteiger partial charge is 0.479 e. The van der Waals surface area contributed by atoms with E-state index in [1.165, 1.54) is 7.11 Å². The number of carbonyl (C=O) groups is 2. The lowest BCUT2D eigenvalue weighted by atomic mass is 10.3. The standard InChI is InChI=1S/C11H17N3O4/c1-7(2)14-5-4-8(13-14)10(15)12-6-9(18-3)11(16)17/h4-5,7,9H,6H2,1-3H3,(H,12,15)(H,16,17). The fourth-order valence-electron chi connectivity index (χ4n) is 1.29. The van der Waals surface area contributed by atoms with Crippen LogP contribution in [-0.2, 0) is 9.53 Å². The van der Waals surface area contributed by atoms with E-state index < -0.39 is 18.0 Å². The Labute approximate surface area is 105 Å². The average molecular weight is 255 g/mol. The van der Waals surface area contributed by atoms with Crippen molar-refractivity contribution in [1.82, 2.24) is 15.1 Å². The maximum atomic E-state index is 11.7. The molecule has 7 heteroatoms. The summed E-state index contributed by atoms with van der Waals surface area (Å²) in [6.45, 7) is 3.79. The maximum Gasteiger partial charge on any atom is 0.334 e. The van der Waals surface area contributed by atoms with Crippen molar-refractivity contribution in [2.45, 2.75) is 26.0 Å². The van der Waals surface area contributed by atoms with E-state index in [4.69, 9.17) is 9.84 Å². The zero-order valence-corrected chi connectivity index (χ0v) is 10.6. The Balaban J connectivity index is 2.57. The molecule has 1 aromatic rings. The first-order valence-corrected chi connectivity index (χ1v) is 5.54. The summed E-state index contributed by atoms with van der Waals surface area (Å²) in [5.74, 6) is -1.54. The molecule has 100 valence electrons. The molecule has 1 amide bonds. The van der Waals surface area contributed by atoms with Crippen LogP contribution in [0.5, 0.6) is 0 Å². The topological polar surface area (TPSA) is 93.5 Å². The molecular formula is C11H17N3O4. The van der Waals surface area contributed by atoms with Crippen LogP contribution in [0.1, 0.15) is 30.4 Å². The molecule has 1 rings (SSSR count). The van der Waals surface area contributed by atoms with E-state index in [-0.39, 0.29) is 18.3 Å². The van der Waals surface area contributed by atoms with Crippen LogP contribution in [0.3, 0.4) is 0 Å². The Morgan fingerprint density at radius 3 is 2.67 bits per heavy atom. The summed E-state index contributed by atoms with van der Waals surface area (Å²) in [6.07, 6.45) is 0.644. The van der Waals surface area contributed by atoms with E-state index in [0.717, 1.165) is 0 Å². The third kappa shape index (κ3) is 3.56. The van der Waals surface area contributed by atoms with Crippen molar-refractivity contribution in [2.75, 3.05) is 13.7 Å². The predicted molar refractivity (Wildman–Crippen MR) is 63.4 cm³/mol. The van der Waals surface area contributed by atoms with Crippen LogP contribution in [0.25, 0.3) is 0 Å². The number of nitrogens with zero attached hydrogens (tertiary/aromatic N) is 2. The molecule has 0 saturated heterocycles. The maximum absolute atomic E-state index is 11.7. The van der Waals surface area contributed by atoms with Gasteiger partial charge in [0.15, 0.2) is 6.10 Å². The number of aromatic nitrogens is 2. The van der Waals surface area contributed by atoms with Crippen molar-refractivity contribution in [3.63, 3.8) is 0 Å². The molecule has 0 fully saturated rings. The molecule has 0 saturated carbocycles. The summed E-state index contributed by atoms with van der Waals surface area (Å²) >= 11 is 0. The number of aliphatic carboxylic acids is 1. The molecule has 0 aliphatic carbocycles. The van der Waals surface area contributed by atoms with Crippen LogP contribution < -0.4 is 5.32 Å². The van der Waals surface area contributed by atoms with E-state index in [9.17, 15) is 9.59 Å². The first-order valence-electron chi connectivity index (χ1n) is 5.54. The summed E-state index contributed by atoms with van der Waals surface area (Å²) in [6, 6.07) is 1.75. The number of amides is 1. The summed E-state index contributed by atoms with van der Waals surface area (Å²) in [5, 5.41) is 15.3. The Bertz CT molecular complexity index is 428. The molecule has 1 unspecified atom stereocenters. The van der Waals surface area contributed by atoms with Crippen molar-refractivity contribution in [3.8, 4) is 0 Å². The average Bonchev–Trinajstić information content (AvgIpc) is 2.78. The first kappa shape index (κ1) is 14.2. The molecule has 1 aromatic heterocycles. The van der Waals surface area contributed by atoms with Gasteiger partial charge in [0.2, 0.25) is 0 Å². The van der Waals surface area contributed by atoms with Crippen molar-refractivity contribution in [1.29, 1.82) is 0 Å². The Morgan fingerprint density at radius 1 is 1.56 bits per heavy atom. The van der Waals surface area contributed by atoms with E-state index in [1.54, 1.807) is 16.9 Å². The normalized spacial score (nSPS) is 12.4. The van der Waals surface area contributed by atoms with Crippen LogP contribution in [-0.4, -0.2) is 46.5 Å². The minimum absolute atomic E-state index is 0.0980. The molecule has 2 N–H and O–H groups in total. The molecule has 7 nitrogen and oxygen atoms in total. The van der Waals surface area contributed by atoms with Gasteiger partial charge in [-0.05, 0) is 19.9 Å². The summed E-state index contributed by atoms with van der Waals surface area (Å²) in [7, 11) is 1.28. The van der Waals surface area contributed by atoms with E-state index in [2.05, 4.69) is 10.4 Å². The highest BCUT2D eigenvalue weighted by Gasteiger charge is 2.18. The van der Waals surface area contributed by atoms with Crippen molar-refractivity contribution >= 4 is 11.9 Å². The van der Waals surface area contributed by atoms with Gasteiger partial charge < -0.3 is 15.2 Å². The monoisotopic (exact) mass is 255 g/mol. The third-order valence-electron chi connectivity index (χ3n) is 2.38. The number of hydrogen-bond acceptors (Lipinski definition) is 4. The third-order valence-corrected chi connectivity index (χ3v) is 2.38. The number of ether oxygens (including phenoxy) is 1. The lowest BCUT2D eigenvalue weighted by Gasteiger charge is -2.10. The second-order valence-electron chi connectivity index (χ2n) is 4.05. The molecule has 18 heavy (non-hydrogen) atoms. The predicted octanol–water partition coefficient (Wildman–Crippen LogP) is 0.293. The highest BCUT2D eigenvalue weighted by atomic mass is 16.5. The van der Waals surface area contributed by atoms with E-state index >= 15 is 0 Å². The number of carboxylic acids is 1. The van der Waals surface area contributed by atoms with Gasteiger partial charge in [0.1, 0.15) is 5.69 Å². The van der Waals surface area contributed by atoms with Crippen molar-refractivity contribution in [3.05, 3.63) is 18.0 Å². The van der Waals surface area contributed by atoms with Crippen molar-refractivity contribution < 1.29 is 19.4 Å². The molecule has 1 heterocycles. The molecule has 1 atom stereocenters. The molecule has 0 radical (unpaired) electrons. The van der Waals surface area contributed by atoms with Crippen molar-refractivity contribution in [2.24, 2.45) is 0 Å². The summed E-state index contributed by atoms with van der Waals surface area (Å²) in [5.41, 5.74) is 0.254. The van der Waals surface area contributed by atoms with Gasteiger partial charge in [-0.3, -0.25) is 9.48 Å².